The molecule has 3 heteroatoms. The number of aromatic carboxylic acids is 1. The normalized spacial score (nSPS) is 10.1. The second-order valence-corrected chi connectivity index (χ2v) is 3.82. The summed E-state index contributed by atoms with van der Waals surface area (Å²) in [4.78, 5) is 10.7. The zero-order chi connectivity index (χ0) is 12.3. The molecule has 17 heavy (non-hydrogen) atoms. The maximum Gasteiger partial charge on any atom is 0.337 e. The third-order valence-electron chi connectivity index (χ3n) is 2.58. The summed E-state index contributed by atoms with van der Waals surface area (Å²) < 4.78 is 1.85. The van der Waals surface area contributed by atoms with E-state index in [-0.39, 0.29) is 0 Å². The standard InChI is InChI=1S/C14H13NO2/c1-2-11-3-5-12(6-4-11)9-15-8-7-13(10-15)14(16)17/h2-8,10H,1,9H2,(H,16,17). The van der Waals surface area contributed by atoms with Gasteiger partial charge in [-0.25, -0.2) is 4.79 Å². The number of rotatable bonds is 4. The lowest BCUT2D eigenvalue weighted by atomic mass is 10.1. The first-order valence-electron chi connectivity index (χ1n) is 5.29. The minimum atomic E-state index is -0.897. The first-order chi connectivity index (χ1) is 8.19. The molecule has 0 aliphatic carbocycles. The van der Waals surface area contributed by atoms with E-state index < -0.39 is 5.97 Å². The summed E-state index contributed by atoms with van der Waals surface area (Å²) in [5.74, 6) is -0.897. The average molecular weight is 227 g/mol. The molecule has 0 saturated heterocycles. The minimum Gasteiger partial charge on any atom is -0.478 e. The van der Waals surface area contributed by atoms with Crippen molar-refractivity contribution in [3.05, 3.63) is 66.0 Å². The number of hydrogen-bond donors (Lipinski definition) is 1. The lowest BCUT2D eigenvalue weighted by Gasteiger charge is -2.03. The molecule has 0 unspecified atom stereocenters. The molecule has 0 fully saturated rings. The highest BCUT2D eigenvalue weighted by Gasteiger charge is 2.04. The van der Waals surface area contributed by atoms with Crippen LogP contribution in [-0.2, 0) is 6.54 Å². The van der Waals surface area contributed by atoms with Crippen molar-refractivity contribution < 1.29 is 9.90 Å². The molecule has 0 saturated carbocycles. The van der Waals surface area contributed by atoms with Crippen molar-refractivity contribution in [2.75, 3.05) is 0 Å². The molecule has 0 aliphatic heterocycles. The SMILES string of the molecule is C=Cc1ccc(Cn2ccc(C(=O)O)c2)cc1. The molecule has 1 aromatic carbocycles. The Morgan fingerprint density at radius 2 is 2.00 bits per heavy atom. The van der Waals surface area contributed by atoms with Gasteiger partial charge in [-0.3, -0.25) is 0 Å². The van der Waals surface area contributed by atoms with Crippen molar-refractivity contribution in [3.63, 3.8) is 0 Å². The monoisotopic (exact) mass is 227 g/mol. The van der Waals surface area contributed by atoms with Crippen LogP contribution in [0.15, 0.2) is 49.3 Å². The number of nitrogens with zero attached hydrogens (tertiary/aromatic N) is 1. The van der Waals surface area contributed by atoms with Crippen LogP contribution in [0.4, 0.5) is 0 Å². The molecule has 2 rings (SSSR count). The van der Waals surface area contributed by atoms with E-state index in [2.05, 4.69) is 6.58 Å². The van der Waals surface area contributed by atoms with Gasteiger partial charge in [-0.2, -0.15) is 0 Å². The van der Waals surface area contributed by atoms with E-state index in [1.807, 2.05) is 28.8 Å². The van der Waals surface area contributed by atoms with Crippen LogP contribution in [0.25, 0.3) is 6.08 Å². The molecule has 0 radical (unpaired) electrons. The Hall–Kier alpha value is -2.29. The Labute approximate surface area is 99.6 Å². The average Bonchev–Trinajstić information content (AvgIpc) is 2.79. The zero-order valence-corrected chi connectivity index (χ0v) is 9.34. The van der Waals surface area contributed by atoms with Gasteiger partial charge in [-0.1, -0.05) is 36.9 Å². The van der Waals surface area contributed by atoms with Gasteiger partial charge in [0.05, 0.1) is 5.56 Å². The topological polar surface area (TPSA) is 42.2 Å². The number of carboxylic acid groups (broad SMARTS) is 1. The van der Waals surface area contributed by atoms with Gasteiger partial charge in [0, 0.05) is 18.9 Å². The Morgan fingerprint density at radius 3 is 2.53 bits per heavy atom. The van der Waals surface area contributed by atoms with Gasteiger partial charge in [0.2, 0.25) is 0 Å². The van der Waals surface area contributed by atoms with Crippen molar-refractivity contribution >= 4 is 12.0 Å². The summed E-state index contributed by atoms with van der Waals surface area (Å²) in [7, 11) is 0. The van der Waals surface area contributed by atoms with Crippen LogP contribution in [0.1, 0.15) is 21.5 Å². The summed E-state index contributed by atoms with van der Waals surface area (Å²) in [5, 5.41) is 8.81. The molecule has 1 heterocycles. The van der Waals surface area contributed by atoms with Crippen LogP contribution in [0, 0.1) is 0 Å². The minimum absolute atomic E-state index is 0.313. The van der Waals surface area contributed by atoms with Crippen molar-refractivity contribution in [1.29, 1.82) is 0 Å². The quantitative estimate of drug-likeness (QED) is 0.872. The highest BCUT2D eigenvalue weighted by Crippen LogP contribution is 2.09. The lowest BCUT2D eigenvalue weighted by Crippen LogP contribution is -1.98. The van der Waals surface area contributed by atoms with Crippen LogP contribution >= 0.6 is 0 Å². The molecule has 0 amide bonds. The van der Waals surface area contributed by atoms with Gasteiger partial charge in [-0.05, 0) is 17.2 Å². The Kier molecular flexibility index (Phi) is 3.10. The molecular formula is C14H13NO2. The molecule has 0 bridgehead atoms. The number of aromatic nitrogens is 1. The molecule has 0 aliphatic rings. The van der Waals surface area contributed by atoms with Gasteiger partial charge in [0.1, 0.15) is 0 Å². The molecular weight excluding hydrogens is 214 g/mol. The second kappa shape index (κ2) is 4.70. The maximum atomic E-state index is 10.7. The predicted octanol–water partition coefficient (Wildman–Crippen LogP) is 2.88. The van der Waals surface area contributed by atoms with Crippen LogP contribution in [0.5, 0.6) is 0 Å². The highest BCUT2D eigenvalue weighted by atomic mass is 16.4. The summed E-state index contributed by atoms with van der Waals surface area (Å²) in [5.41, 5.74) is 2.52. The van der Waals surface area contributed by atoms with Crippen molar-refractivity contribution in [1.82, 2.24) is 4.57 Å². The van der Waals surface area contributed by atoms with E-state index in [1.165, 1.54) is 0 Å². The predicted molar refractivity (Wildman–Crippen MR) is 67.0 cm³/mol. The number of carboxylic acids is 1. The van der Waals surface area contributed by atoms with E-state index in [4.69, 9.17) is 5.11 Å². The van der Waals surface area contributed by atoms with Crippen LogP contribution in [0.2, 0.25) is 0 Å². The number of hydrogen-bond acceptors (Lipinski definition) is 1. The smallest absolute Gasteiger partial charge is 0.337 e. The largest absolute Gasteiger partial charge is 0.478 e. The fourth-order valence-corrected chi connectivity index (χ4v) is 1.64. The molecule has 1 N–H and O–H groups in total. The third-order valence-corrected chi connectivity index (χ3v) is 2.58. The molecule has 0 spiro atoms. The first kappa shape index (κ1) is 11.2. The lowest BCUT2D eigenvalue weighted by molar-refractivity contribution is 0.0697. The van der Waals surface area contributed by atoms with E-state index in [1.54, 1.807) is 24.5 Å². The van der Waals surface area contributed by atoms with Crippen LogP contribution in [-0.4, -0.2) is 15.6 Å². The zero-order valence-electron chi connectivity index (χ0n) is 9.34. The maximum absolute atomic E-state index is 10.7. The van der Waals surface area contributed by atoms with Crippen molar-refractivity contribution in [2.45, 2.75) is 6.54 Å². The fraction of sp³-hybridized carbons (Fsp3) is 0.0714. The molecule has 3 nitrogen and oxygen atoms in total. The van der Waals surface area contributed by atoms with Crippen LogP contribution < -0.4 is 0 Å². The van der Waals surface area contributed by atoms with Gasteiger partial charge in [0.15, 0.2) is 0 Å². The van der Waals surface area contributed by atoms with Gasteiger partial charge >= 0.3 is 5.97 Å². The van der Waals surface area contributed by atoms with Gasteiger partial charge in [0.25, 0.3) is 0 Å². The van der Waals surface area contributed by atoms with E-state index in [0.717, 1.165) is 11.1 Å². The fourth-order valence-electron chi connectivity index (χ4n) is 1.64. The molecule has 86 valence electrons. The summed E-state index contributed by atoms with van der Waals surface area (Å²) >= 11 is 0. The highest BCUT2D eigenvalue weighted by molar-refractivity contribution is 5.87. The van der Waals surface area contributed by atoms with Crippen LogP contribution in [0.3, 0.4) is 0 Å². The Balaban J connectivity index is 2.13. The summed E-state index contributed by atoms with van der Waals surface area (Å²) in [6.45, 7) is 4.37. The van der Waals surface area contributed by atoms with E-state index in [9.17, 15) is 4.79 Å². The van der Waals surface area contributed by atoms with Gasteiger partial charge in [-0.15, -0.1) is 0 Å². The Morgan fingerprint density at radius 1 is 1.29 bits per heavy atom. The number of benzene rings is 1. The van der Waals surface area contributed by atoms with E-state index in [0.29, 0.717) is 12.1 Å². The summed E-state index contributed by atoms with van der Waals surface area (Å²) in [6.07, 6.45) is 5.19. The van der Waals surface area contributed by atoms with E-state index >= 15 is 0 Å². The van der Waals surface area contributed by atoms with Crippen molar-refractivity contribution in [2.24, 2.45) is 0 Å². The number of carbonyl (C=O) groups is 1. The first-order valence-corrected chi connectivity index (χ1v) is 5.29. The second-order valence-electron chi connectivity index (χ2n) is 3.82. The molecule has 2 aromatic rings. The van der Waals surface area contributed by atoms with Crippen molar-refractivity contribution in [3.8, 4) is 0 Å². The molecule has 1 aromatic heterocycles. The summed E-state index contributed by atoms with van der Waals surface area (Å²) in [6, 6.07) is 9.60. The third kappa shape index (κ3) is 2.64. The van der Waals surface area contributed by atoms with Gasteiger partial charge < -0.3 is 9.67 Å². The Bertz CT molecular complexity index is 538. The molecule has 0 atom stereocenters.